The average molecular weight is 823 g/mol. The van der Waals surface area contributed by atoms with Gasteiger partial charge in [-0.2, -0.15) is 0 Å². The maximum atomic E-state index is 14.1. The van der Waals surface area contributed by atoms with E-state index in [1.807, 2.05) is 84.9 Å². The summed E-state index contributed by atoms with van der Waals surface area (Å²) in [6, 6.07) is 4.41. The lowest BCUT2D eigenvalue weighted by molar-refractivity contribution is -0.154. The SMILES string of the molecule is C/C=C(\C)[C@@H](C)[C@@H](C)[C@@H]1C/C=C(\C)C(=O)O[C@H](CC(C)C)C(=O)N[C@@H](C)C(=O)N(C)[C@H](Cc2ccccc2)C(=O)N(C)CC(=O)N[C@@H](C(C)CC)C(=O)N[C@H](C)C(=O)N1. The van der Waals surface area contributed by atoms with Gasteiger partial charge in [0.05, 0.1) is 6.54 Å². The third-order valence-corrected chi connectivity index (χ3v) is 11.6. The van der Waals surface area contributed by atoms with Crippen molar-refractivity contribution in [2.45, 2.75) is 138 Å². The topological polar surface area (TPSA) is 183 Å². The van der Waals surface area contributed by atoms with Crippen molar-refractivity contribution in [1.29, 1.82) is 0 Å². The largest absolute Gasteiger partial charge is 0.449 e. The average Bonchev–Trinajstić information content (AvgIpc) is 3.20. The minimum atomic E-state index is -1.22. The summed E-state index contributed by atoms with van der Waals surface area (Å²) in [6.45, 7) is 19.7. The fourth-order valence-electron chi connectivity index (χ4n) is 6.88. The van der Waals surface area contributed by atoms with Crippen LogP contribution in [0.3, 0.4) is 0 Å². The maximum Gasteiger partial charge on any atom is 0.334 e. The zero-order valence-corrected chi connectivity index (χ0v) is 37.5. The summed E-state index contributed by atoms with van der Waals surface area (Å²) in [4.78, 5) is 98.8. The Kier molecular flexibility index (Phi) is 20.0. The fourth-order valence-corrected chi connectivity index (χ4v) is 6.88. The lowest BCUT2D eigenvalue weighted by Gasteiger charge is -2.33. The van der Waals surface area contributed by atoms with Crippen molar-refractivity contribution < 1.29 is 38.3 Å². The molecule has 0 spiro atoms. The Morgan fingerprint density at radius 1 is 0.847 bits per heavy atom. The van der Waals surface area contributed by atoms with Crippen LogP contribution in [0.5, 0.6) is 0 Å². The molecule has 328 valence electrons. The second-order valence-electron chi connectivity index (χ2n) is 16.7. The molecule has 9 atom stereocenters. The van der Waals surface area contributed by atoms with E-state index in [0.717, 1.165) is 11.1 Å². The van der Waals surface area contributed by atoms with E-state index in [1.54, 1.807) is 19.9 Å². The Bertz CT molecular complexity index is 1690. The molecule has 0 saturated heterocycles. The molecular formula is C45H70N6O8. The van der Waals surface area contributed by atoms with Crippen molar-refractivity contribution in [1.82, 2.24) is 31.1 Å². The zero-order chi connectivity index (χ0) is 44.7. The highest BCUT2D eigenvalue weighted by atomic mass is 16.5. The molecule has 1 aromatic rings. The number of nitrogens with one attached hydrogen (secondary N) is 4. The number of benzene rings is 1. The monoisotopic (exact) mass is 823 g/mol. The van der Waals surface area contributed by atoms with Gasteiger partial charge < -0.3 is 35.8 Å². The number of amides is 6. The number of nitrogens with zero attached hydrogens (tertiary/aromatic N) is 2. The number of carbonyl (C=O) groups excluding carboxylic acids is 7. The molecule has 1 heterocycles. The number of cyclic esters (lactones) is 1. The van der Waals surface area contributed by atoms with Gasteiger partial charge in [0.25, 0.3) is 5.91 Å². The van der Waals surface area contributed by atoms with Crippen molar-refractivity contribution in [3.05, 3.63) is 59.2 Å². The van der Waals surface area contributed by atoms with Crippen molar-refractivity contribution in [3.8, 4) is 0 Å². The molecular weight excluding hydrogens is 753 g/mol. The Labute approximate surface area is 351 Å². The first-order valence-corrected chi connectivity index (χ1v) is 20.9. The molecule has 14 nitrogen and oxygen atoms in total. The summed E-state index contributed by atoms with van der Waals surface area (Å²) in [5.41, 5.74) is 2.10. The van der Waals surface area contributed by atoms with Crippen LogP contribution < -0.4 is 21.3 Å². The first-order chi connectivity index (χ1) is 27.6. The number of esters is 1. The minimum absolute atomic E-state index is 0.0502. The standard InChI is InChI=1S/C45H70N6O8/c1-14-27(5)30(8)31(9)35-22-21-29(7)45(58)59-37(23-26(3)4)41(54)47-33(11)43(56)51(13)36(24-34-19-17-16-18-20-34)44(57)50(12)25-38(52)49-39(28(6)15-2)42(55)46-32(10)40(53)48-35/h14,16-21,26,28,30-33,35-37,39H,15,22-25H2,1-13H3,(H,46,55)(H,47,54)(H,48,53)(H,49,52)/b27-14+,29-21+/t28?,30-,31-,32-,33+,35+,36-,37-,39+/m1/s1. The first kappa shape index (κ1) is 50.1. The van der Waals surface area contributed by atoms with Gasteiger partial charge in [0, 0.05) is 32.1 Å². The number of likely N-dealkylation sites (N-methyl/N-ethyl adjacent to an activating group) is 2. The van der Waals surface area contributed by atoms with Crippen molar-refractivity contribution in [3.63, 3.8) is 0 Å². The second kappa shape index (κ2) is 23.5. The van der Waals surface area contributed by atoms with E-state index in [-0.39, 0.29) is 48.5 Å². The predicted octanol–water partition coefficient (Wildman–Crippen LogP) is 4.09. The Balaban J connectivity index is 2.65. The maximum absolute atomic E-state index is 14.1. The highest BCUT2D eigenvalue weighted by molar-refractivity contribution is 5.96. The summed E-state index contributed by atoms with van der Waals surface area (Å²) in [6.07, 6.45) is 3.53. The number of allylic oxidation sites excluding steroid dienone is 2. The van der Waals surface area contributed by atoms with Gasteiger partial charge in [0.2, 0.25) is 29.5 Å². The molecule has 1 aliphatic heterocycles. The molecule has 0 fully saturated rings. The summed E-state index contributed by atoms with van der Waals surface area (Å²) in [7, 11) is 2.90. The van der Waals surface area contributed by atoms with Gasteiger partial charge in [-0.05, 0) is 76.7 Å². The lowest BCUT2D eigenvalue weighted by atomic mass is 9.82. The number of carbonyl (C=O) groups is 7. The Morgan fingerprint density at radius 3 is 2.03 bits per heavy atom. The van der Waals surface area contributed by atoms with Gasteiger partial charge in [0.15, 0.2) is 6.10 Å². The van der Waals surface area contributed by atoms with Crippen LogP contribution in [0.2, 0.25) is 0 Å². The van der Waals surface area contributed by atoms with Crippen LogP contribution in [0, 0.1) is 23.7 Å². The summed E-state index contributed by atoms with van der Waals surface area (Å²) < 4.78 is 5.78. The van der Waals surface area contributed by atoms with Gasteiger partial charge in [-0.3, -0.25) is 28.8 Å². The van der Waals surface area contributed by atoms with Crippen LogP contribution in [-0.2, 0) is 44.7 Å². The molecule has 0 bridgehead atoms. The summed E-state index contributed by atoms with van der Waals surface area (Å²) in [5.74, 6) is -4.54. The van der Waals surface area contributed by atoms with Crippen molar-refractivity contribution >= 4 is 41.4 Å². The number of ether oxygens (including phenoxy) is 1. The molecule has 0 saturated carbocycles. The van der Waals surface area contributed by atoms with Crippen molar-refractivity contribution in [2.24, 2.45) is 23.7 Å². The second-order valence-corrected chi connectivity index (χ2v) is 16.7. The number of rotatable bonds is 9. The highest BCUT2D eigenvalue weighted by Gasteiger charge is 2.36. The Morgan fingerprint density at radius 2 is 1.46 bits per heavy atom. The highest BCUT2D eigenvalue weighted by Crippen LogP contribution is 2.26. The molecule has 6 amide bonds. The number of hydrogen-bond acceptors (Lipinski definition) is 8. The Hall–Kier alpha value is -5.01. The van der Waals surface area contributed by atoms with E-state index in [4.69, 9.17) is 4.74 Å². The number of hydrogen-bond donors (Lipinski definition) is 4. The van der Waals surface area contributed by atoms with Crippen LogP contribution in [0.15, 0.2) is 53.6 Å². The van der Waals surface area contributed by atoms with E-state index < -0.39 is 84.3 Å². The third kappa shape index (κ3) is 15.0. The van der Waals surface area contributed by atoms with E-state index in [1.165, 1.54) is 30.8 Å². The minimum Gasteiger partial charge on any atom is -0.449 e. The molecule has 2 rings (SSSR count). The van der Waals surface area contributed by atoms with Gasteiger partial charge in [-0.1, -0.05) is 96.0 Å². The molecule has 1 aliphatic rings. The third-order valence-electron chi connectivity index (χ3n) is 11.6. The van der Waals surface area contributed by atoms with Crippen LogP contribution in [-0.4, -0.2) is 108 Å². The van der Waals surface area contributed by atoms with Gasteiger partial charge >= 0.3 is 5.97 Å². The summed E-state index contributed by atoms with van der Waals surface area (Å²) in [5, 5.41) is 11.3. The van der Waals surface area contributed by atoms with E-state index >= 15 is 0 Å². The van der Waals surface area contributed by atoms with Crippen LogP contribution in [0.4, 0.5) is 0 Å². The quantitative estimate of drug-likeness (QED) is 0.212. The van der Waals surface area contributed by atoms with Crippen molar-refractivity contribution in [2.75, 3.05) is 20.6 Å². The summed E-state index contributed by atoms with van der Waals surface area (Å²) >= 11 is 0. The molecule has 1 unspecified atom stereocenters. The van der Waals surface area contributed by atoms with Gasteiger partial charge in [-0.25, -0.2) is 4.79 Å². The normalized spacial score (nSPS) is 27.0. The smallest absolute Gasteiger partial charge is 0.334 e. The molecule has 4 N–H and O–H groups in total. The van der Waals surface area contributed by atoms with E-state index in [0.29, 0.717) is 6.42 Å². The molecule has 0 aromatic heterocycles. The first-order valence-electron chi connectivity index (χ1n) is 20.9. The van der Waals surface area contributed by atoms with Crippen LogP contribution >= 0.6 is 0 Å². The molecule has 59 heavy (non-hydrogen) atoms. The fraction of sp³-hybridized carbons (Fsp3) is 0.622. The van der Waals surface area contributed by atoms with E-state index in [2.05, 4.69) is 28.2 Å². The van der Waals surface area contributed by atoms with E-state index in [9.17, 15) is 33.6 Å². The predicted molar refractivity (Wildman–Crippen MR) is 228 cm³/mol. The van der Waals surface area contributed by atoms with Crippen LogP contribution in [0.1, 0.15) is 101 Å². The molecule has 1 aromatic carbocycles. The lowest BCUT2D eigenvalue weighted by Crippen LogP contribution is -2.58. The molecule has 0 radical (unpaired) electrons. The zero-order valence-electron chi connectivity index (χ0n) is 37.5. The van der Waals surface area contributed by atoms with Gasteiger partial charge in [-0.15, -0.1) is 0 Å². The van der Waals surface area contributed by atoms with Crippen LogP contribution in [0.25, 0.3) is 0 Å². The van der Waals surface area contributed by atoms with Gasteiger partial charge in [0.1, 0.15) is 24.2 Å². The molecule has 0 aliphatic carbocycles. The molecule has 14 heteroatoms.